The Hall–Kier alpha value is -2.02. The van der Waals surface area contributed by atoms with Gasteiger partial charge in [0.1, 0.15) is 0 Å². The van der Waals surface area contributed by atoms with Crippen molar-refractivity contribution in [1.82, 2.24) is 4.90 Å². The highest BCUT2D eigenvalue weighted by molar-refractivity contribution is 5.89. The fraction of sp³-hybridized carbons (Fsp3) is 0.429. The molecular formula is C14H17N3O. The summed E-state index contributed by atoms with van der Waals surface area (Å²) in [7, 11) is 0. The van der Waals surface area contributed by atoms with Crippen molar-refractivity contribution in [3.8, 4) is 6.07 Å². The Morgan fingerprint density at radius 2 is 2.11 bits per heavy atom. The second-order valence-electron chi connectivity index (χ2n) is 4.66. The highest BCUT2D eigenvalue weighted by Gasteiger charge is 2.22. The second kappa shape index (κ2) is 5.54. The minimum Gasteiger partial charge on any atom is -0.322 e. The smallest absolute Gasteiger partial charge is 0.322 e. The number of urea groups is 1. The molecule has 1 N–H and O–H groups in total. The summed E-state index contributed by atoms with van der Waals surface area (Å²) in [6.45, 7) is 2.90. The van der Waals surface area contributed by atoms with Crippen molar-refractivity contribution >= 4 is 11.7 Å². The fourth-order valence-corrected chi connectivity index (χ4v) is 2.22. The lowest BCUT2D eigenvalue weighted by Crippen LogP contribution is -2.44. The first-order valence-corrected chi connectivity index (χ1v) is 6.28. The number of rotatable bonds is 1. The van der Waals surface area contributed by atoms with E-state index in [1.807, 2.05) is 4.90 Å². The van der Waals surface area contributed by atoms with Gasteiger partial charge in [0.15, 0.2) is 0 Å². The molecule has 0 radical (unpaired) electrons. The first-order valence-electron chi connectivity index (χ1n) is 6.28. The molecule has 2 amide bonds. The van der Waals surface area contributed by atoms with Gasteiger partial charge in [-0.3, -0.25) is 0 Å². The lowest BCUT2D eigenvalue weighted by atomic mass is 10.0. The van der Waals surface area contributed by atoms with Gasteiger partial charge >= 0.3 is 6.03 Å². The van der Waals surface area contributed by atoms with Crippen LogP contribution in [0.5, 0.6) is 0 Å². The summed E-state index contributed by atoms with van der Waals surface area (Å²) < 4.78 is 0. The van der Waals surface area contributed by atoms with E-state index in [4.69, 9.17) is 5.26 Å². The van der Waals surface area contributed by atoms with E-state index in [9.17, 15) is 4.79 Å². The molecule has 1 heterocycles. The maximum Gasteiger partial charge on any atom is 0.322 e. The minimum atomic E-state index is -0.0492. The van der Waals surface area contributed by atoms with Gasteiger partial charge in [0.25, 0.3) is 0 Å². The van der Waals surface area contributed by atoms with Gasteiger partial charge in [-0.2, -0.15) is 5.26 Å². The normalized spacial score (nSPS) is 19.1. The number of nitriles is 1. The molecule has 1 aliphatic heterocycles. The van der Waals surface area contributed by atoms with E-state index >= 15 is 0 Å². The topological polar surface area (TPSA) is 56.1 Å². The van der Waals surface area contributed by atoms with E-state index < -0.39 is 0 Å². The van der Waals surface area contributed by atoms with E-state index in [1.165, 1.54) is 6.42 Å². The number of nitrogens with one attached hydrogen (secondary N) is 1. The lowest BCUT2D eigenvalue weighted by molar-refractivity contribution is 0.170. The van der Waals surface area contributed by atoms with Crippen LogP contribution in [0.3, 0.4) is 0 Å². The summed E-state index contributed by atoms with van der Waals surface area (Å²) in [5, 5.41) is 11.6. The van der Waals surface area contributed by atoms with Crippen molar-refractivity contribution in [2.24, 2.45) is 0 Å². The zero-order valence-corrected chi connectivity index (χ0v) is 10.5. The predicted octanol–water partition coefficient (Wildman–Crippen LogP) is 2.96. The van der Waals surface area contributed by atoms with Gasteiger partial charge < -0.3 is 10.2 Å². The van der Waals surface area contributed by atoms with Crippen molar-refractivity contribution in [1.29, 1.82) is 5.26 Å². The summed E-state index contributed by atoms with van der Waals surface area (Å²) >= 11 is 0. The van der Waals surface area contributed by atoms with Crippen molar-refractivity contribution < 1.29 is 4.79 Å². The quantitative estimate of drug-likeness (QED) is 0.824. The van der Waals surface area contributed by atoms with E-state index in [-0.39, 0.29) is 6.03 Å². The largest absolute Gasteiger partial charge is 0.322 e. The molecule has 1 aliphatic rings. The van der Waals surface area contributed by atoms with Crippen LogP contribution in [-0.2, 0) is 0 Å². The number of nitrogens with zero attached hydrogens (tertiary/aromatic N) is 2. The molecule has 1 atom stereocenters. The van der Waals surface area contributed by atoms with Gasteiger partial charge in [0.2, 0.25) is 0 Å². The fourth-order valence-electron chi connectivity index (χ4n) is 2.22. The summed E-state index contributed by atoms with van der Waals surface area (Å²) in [5.74, 6) is 0. The zero-order valence-electron chi connectivity index (χ0n) is 10.5. The monoisotopic (exact) mass is 243 g/mol. The van der Waals surface area contributed by atoms with Crippen LogP contribution in [0, 0.1) is 11.3 Å². The van der Waals surface area contributed by atoms with Crippen LogP contribution in [0.1, 0.15) is 31.7 Å². The van der Waals surface area contributed by atoms with Crippen molar-refractivity contribution in [2.75, 3.05) is 11.9 Å². The summed E-state index contributed by atoms with van der Waals surface area (Å²) in [4.78, 5) is 14.0. The molecule has 1 aromatic carbocycles. The first kappa shape index (κ1) is 12.4. The highest BCUT2D eigenvalue weighted by atomic mass is 16.2. The van der Waals surface area contributed by atoms with Gasteiger partial charge in [-0.1, -0.05) is 0 Å². The maximum atomic E-state index is 12.1. The number of benzene rings is 1. The third-order valence-electron chi connectivity index (χ3n) is 3.33. The van der Waals surface area contributed by atoms with E-state index in [0.717, 1.165) is 25.1 Å². The number of hydrogen-bond acceptors (Lipinski definition) is 2. The van der Waals surface area contributed by atoms with E-state index in [2.05, 4.69) is 18.3 Å². The summed E-state index contributed by atoms with van der Waals surface area (Å²) in [6, 6.07) is 9.23. The molecule has 0 saturated carbocycles. The number of carbonyl (C=O) groups excluding carboxylic acids is 1. The Morgan fingerprint density at radius 3 is 2.72 bits per heavy atom. The van der Waals surface area contributed by atoms with Crippen LogP contribution in [-0.4, -0.2) is 23.5 Å². The number of carbonyl (C=O) groups is 1. The standard InChI is InChI=1S/C14H17N3O/c1-11-4-2-3-9-17(11)14(18)16-13-7-5-12(10-15)6-8-13/h5-8,11H,2-4,9H2,1H3,(H,16,18)/t11-/m0/s1. The molecular weight excluding hydrogens is 226 g/mol. The Balaban J connectivity index is 1.99. The van der Waals surface area contributed by atoms with Gasteiger partial charge in [0, 0.05) is 18.3 Å². The number of piperidine rings is 1. The molecule has 1 fully saturated rings. The second-order valence-corrected chi connectivity index (χ2v) is 4.66. The average Bonchev–Trinajstić information content (AvgIpc) is 2.40. The molecule has 0 aliphatic carbocycles. The first-order chi connectivity index (χ1) is 8.70. The molecule has 2 rings (SSSR count). The van der Waals surface area contributed by atoms with Crippen LogP contribution in [0.2, 0.25) is 0 Å². The number of amides is 2. The summed E-state index contributed by atoms with van der Waals surface area (Å²) in [5.41, 5.74) is 1.33. The van der Waals surface area contributed by atoms with Crippen LogP contribution < -0.4 is 5.32 Å². The van der Waals surface area contributed by atoms with E-state index in [0.29, 0.717) is 11.6 Å². The average molecular weight is 243 g/mol. The molecule has 94 valence electrons. The molecule has 0 aromatic heterocycles. The van der Waals surface area contributed by atoms with Crippen LogP contribution in [0.15, 0.2) is 24.3 Å². The molecule has 4 nitrogen and oxygen atoms in total. The van der Waals surface area contributed by atoms with E-state index in [1.54, 1.807) is 24.3 Å². The molecule has 1 saturated heterocycles. The minimum absolute atomic E-state index is 0.0492. The Labute approximate surface area is 107 Å². The van der Waals surface area contributed by atoms with Crippen LogP contribution >= 0.6 is 0 Å². The molecule has 0 spiro atoms. The molecule has 0 unspecified atom stereocenters. The Bertz CT molecular complexity index is 461. The summed E-state index contributed by atoms with van der Waals surface area (Å²) in [6.07, 6.45) is 3.34. The third-order valence-corrected chi connectivity index (χ3v) is 3.33. The third kappa shape index (κ3) is 2.80. The molecule has 1 aromatic rings. The van der Waals surface area contributed by atoms with Crippen molar-refractivity contribution in [3.05, 3.63) is 29.8 Å². The van der Waals surface area contributed by atoms with Gasteiger partial charge in [-0.15, -0.1) is 0 Å². The number of likely N-dealkylation sites (tertiary alicyclic amines) is 1. The Kier molecular flexibility index (Phi) is 3.83. The number of anilines is 1. The molecule has 4 heteroatoms. The molecule has 18 heavy (non-hydrogen) atoms. The zero-order chi connectivity index (χ0) is 13.0. The predicted molar refractivity (Wildman–Crippen MR) is 70.2 cm³/mol. The maximum absolute atomic E-state index is 12.1. The van der Waals surface area contributed by atoms with Crippen molar-refractivity contribution in [2.45, 2.75) is 32.2 Å². The van der Waals surface area contributed by atoms with Gasteiger partial charge in [-0.05, 0) is 50.5 Å². The lowest BCUT2D eigenvalue weighted by Gasteiger charge is -2.33. The molecule has 0 bridgehead atoms. The van der Waals surface area contributed by atoms with Gasteiger partial charge in [-0.25, -0.2) is 4.79 Å². The highest BCUT2D eigenvalue weighted by Crippen LogP contribution is 2.18. The SMILES string of the molecule is C[C@H]1CCCCN1C(=O)Nc1ccc(C#N)cc1. The number of hydrogen-bond donors (Lipinski definition) is 1. The Morgan fingerprint density at radius 1 is 1.39 bits per heavy atom. The van der Waals surface area contributed by atoms with Crippen LogP contribution in [0.25, 0.3) is 0 Å². The van der Waals surface area contributed by atoms with Gasteiger partial charge in [0.05, 0.1) is 11.6 Å². The van der Waals surface area contributed by atoms with Crippen LogP contribution in [0.4, 0.5) is 10.5 Å². The van der Waals surface area contributed by atoms with Crippen molar-refractivity contribution in [3.63, 3.8) is 0 Å².